The molecule has 1 amide bonds. The van der Waals surface area contributed by atoms with Crippen molar-refractivity contribution < 1.29 is 13.9 Å². The van der Waals surface area contributed by atoms with E-state index in [9.17, 15) is 14.0 Å². The standard InChI is InChI=1S/C22H24BrFN4O3/c1-22(2,3)31-21(30)26(4)12-15-5-9-18(10-6-15)27-14-25-28(20(27)29)13-16-7-8-17(24)11-19(16)23/h5-11,14H,12-13H2,1-4H3. The summed E-state index contributed by atoms with van der Waals surface area (Å²) in [7, 11) is 1.67. The topological polar surface area (TPSA) is 69.4 Å². The summed E-state index contributed by atoms with van der Waals surface area (Å²) in [4.78, 5) is 26.3. The molecule has 0 fully saturated rings. The van der Waals surface area contributed by atoms with Gasteiger partial charge in [0, 0.05) is 18.1 Å². The van der Waals surface area contributed by atoms with Crippen LogP contribution >= 0.6 is 15.9 Å². The molecule has 0 aliphatic rings. The van der Waals surface area contributed by atoms with Crippen LogP contribution in [0.1, 0.15) is 31.9 Å². The number of ether oxygens (including phenoxy) is 1. The highest BCUT2D eigenvalue weighted by molar-refractivity contribution is 9.10. The van der Waals surface area contributed by atoms with Crippen molar-refractivity contribution in [1.82, 2.24) is 19.2 Å². The van der Waals surface area contributed by atoms with Gasteiger partial charge in [0.2, 0.25) is 0 Å². The van der Waals surface area contributed by atoms with Gasteiger partial charge in [0.15, 0.2) is 0 Å². The monoisotopic (exact) mass is 490 g/mol. The van der Waals surface area contributed by atoms with E-state index in [0.29, 0.717) is 16.7 Å². The molecule has 0 atom stereocenters. The summed E-state index contributed by atoms with van der Waals surface area (Å²) in [5, 5.41) is 4.16. The molecule has 0 bridgehead atoms. The Morgan fingerprint density at radius 1 is 1.19 bits per heavy atom. The van der Waals surface area contributed by atoms with Crippen molar-refractivity contribution in [2.45, 2.75) is 39.5 Å². The first-order chi connectivity index (χ1) is 14.5. The third-order valence-electron chi connectivity index (χ3n) is 4.41. The van der Waals surface area contributed by atoms with Crippen LogP contribution in [0.4, 0.5) is 9.18 Å². The van der Waals surface area contributed by atoms with E-state index in [1.165, 1.54) is 32.6 Å². The fourth-order valence-electron chi connectivity index (χ4n) is 2.87. The van der Waals surface area contributed by atoms with Crippen LogP contribution in [0, 0.1) is 5.82 Å². The second-order valence-corrected chi connectivity index (χ2v) is 9.03. The average Bonchev–Trinajstić information content (AvgIpc) is 3.03. The number of benzene rings is 2. The quantitative estimate of drug-likeness (QED) is 0.532. The number of rotatable bonds is 5. The summed E-state index contributed by atoms with van der Waals surface area (Å²) in [5.74, 6) is -0.356. The molecule has 0 unspecified atom stereocenters. The molecule has 0 radical (unpaired) electrons. The minimum Gasteiger partial charge on any atom is -0.444 e. The summed E-state index contributed by atoms with van der Waals surface area (Å²) >= 11 is 3.31. The molecule has 0 aliphatic heterocycles. The van der Waals surface area contributed by atoms with Crippen LogP contribution in [0.2, 0.25) is 0 Å². The summed E-state index contributed by atoms with van der Waals surface area (Å²) in [6.07, 6.45) is 1.04. The van der Waals surface area contributed by atoms with Crippen LogP contribution in [-0.2, 0) is 17.8 Å². The Balaban J connectivity index is 1.72. The predicted octanol–water partition coefficient (Wildman–Crippen LogP) is 4.35. The van der Waals surface area contributed by atoms with Gasteiger partial charge in [0.05, 0.1) is 12.2 Å². The highest BCUT2D eigenvalue weighted by Crippen LogP contribution is 2.18. The van der Waals surface area contributed by atoms with Gasteiger partial charge in [-0.05, 0) is 56.2 Å². The van der Waals surface area contributed by atoms with Gasteiger partial charge in [0.1, 0.15) is 17.7 Å². The Hall–Kier alpha value is -2.94. The Kier molecular flexibility index (Phi) is 6.64. The fraction of sp³-hybridized carbons (Fsp3) is 0.318. The maximum absolute atomic E-state index is 13.3. The molecule has 0 N–H and O–H groups in total. The van der Waals surface area contributed by atoms with Gasteiger partial charge < -0.3 is 9.64 Å². The largest absolute Gasteiger partial charge is 0.444 e. The van der Waals surface area contributed by atoms with Gasteiger partial charge >= 0.3 is 11.8 Å². The molecule has 0 aliphatic carbocycles. The predicted molar refractivity (Wildman–Crippen MR) is 119 cm³/mol. The van der Waals surface area contributed by atoms with Crippen LogP contribution in [-0.4, -0.2) is 38.0 Å². The average molecular weight is 491 g/mol. The van der Waals surface area contributed by atoms with E-state index in [2.05, 4.69) is 21.0 Å². The van der Waals surface area contributed by atoms with E-state index in [4.69, 9.17) is 4.74 Å². The summed E-state index contributed by atoms with van der Waals surface area (Å²) in [6, 6.07) is 11.6. The zero-order valence-corrected chi connectivity index (χ0v) is 19.4. The molecule has 2 aromatic carbocycles. The molecule has 7 nitrogen and oxygen atoms in total. The van der Waals surface area contributed by atoms with Crippen LogP contribution < -0.4 is 5.69 Å². The smallest absolute Gasteiger partial charge is 0.410 e. The van der Waals surface area contributed by atoms with Gasteiger partial charge in [-0.3, -0.25) is 0 Å². The van der Waals surface area contributed by atoms with E-state index in [0.717, 1.165) is 11.1 Å². The molecule has 164 valence electrons. The molecule has 0 spiro atoms. The number of hydrogen-bond donors (Lipinski definition) is 0. The number of carbonyl (C=O) groups excluding carboxylic acids is 1. The number of carbonyl (C=O) groups is 1. The first kappa shape index (κ1) is 22.7. The summed E-state index contributed by atoms with van der Waals surface area (Å²) in [5.41, 5.74) is 1.43. The molecule has 3 rings (SSSR count). The number of amides is 1. The number of hydrogen-bond acceptors (Lipinski definition) is 4. The molecule has 31 heavy (non-hydrogen) atoms. The number of aromatic nitrogens is 3. The Labute approximate surface area is 188 Å². The lowest BCUT2D eigenvalue weighted by Gasteiger charge is -2.24. The van der Waals surface area contributed by atoms with Crippen LogP contribution in [0.5, 0.6) is 0 Å². The van der Waals surface area contributed by atoms with Crippen molar-refractivity contribution >= 4 is 22.0 Å². The van der Waals surface area contributed by atoms with Crippen LogP contribution in [0.25, 0.3) is 5.69 Å². The van der Waals surface area contributed by atoms with E-state index < -0.39 is 11.7 Å². The molecular formula is C22H24BrFN4O3. The maximum Gasteiger partial charge on any atom is 0.410 e. The highest BCUT2D eigenvalue weighted by Gasteiger charge is 2.19. The SMILES string of the molecule is CN(Cc1ccc(-n2cnn(Cc3ccc(F)cc3Br)c2=O)cc1)C(=O)OC(C)(C)C. The summed E-state index contributed by atoms with van der Waals surface area (Å²) < 4.78 is 21.9. The second-order valence-electron chi connectivity index (χ2n) is 8.18. The van der Waals surface area contributed by atoms with E-state index >= 15 is 0 Å². The van der Waals surface area contributed by atoms with Crippen LogP contribution in [0.3, 0.4) is 0 Å². The fourth-order valence-corrected chi connectivity index (χ4v) is 3.35. The summed E-state index contributed by atoms with van der Waals surface area (Å²) in [6.45, 7) is 6.05. The van der Waals surface area contributed by atoms with Crippen molar-refractivity contribution in [1.29, 1.82) is 0 Å². The van der Waals surface area contributed by atoms with E-state index in [1.807, 2.05) is 32.9 Å². The molecular weight excluding hydrogens is 467 g/mol. The van der Waals surface area contributed by atoms with Crippen molar-refractivity contribution in [2.24, 2.45) is 0 Å². The number of nitrogens with zero attached hydrogens (tertiary/aromatic N) is 4. The minimum absolute atomic E-state index is 0.214. The van der Waals surface area contributed by atoms with Gasteiger partial charge in [-0.25, -0.2) is 23.2 Å². The zero-order valence-electron chi connectivity index (χ0n) is 17.8. The molecule has 0 saturated heterocycles. The van der Waals surface area contributed by atoms with Gasteiger partial charge in [-0.15, -0.1) is 0 Å². The molecule has 1 aromatic heterocycles. The molecule has 0 saturated carbocycles. The second kappa shape index (κ2) is 9.05. The third-order valence-corrected chi connectivity index (χ3v) is 5.15. The van der Waals surface area contributed by atoms with E-state index in [1.54, 1.807) is 25.2 Å². The van der Waals surface area contributed by atoms with Gasteiger partial charge in [-0.1, -0.05) is 34.1 Å². The first-order valence-electron chi connectivity index (χ1n) is 9.65. The van der Waals surface area contributed by atoms with Crippen LogP contribution in [0.15, 0.2) is 58.1 Å². The Bertz CT molecular complexity index is 1130. The van der Waals surface area contributed by atoms with Crippen molar-refractivity contribution in [3.63, 3.8) is 0 Å². The molecule has 3 aromatic rings. The van der Waals surface area contributed by atoms with Crippen molar-refractivity contribution in [2.75, 3.05) is 7.05 Å². The van der Waals surface area contributed by atoms with Crippen molar-refractivity contribution in [3.05, 3.63) is 80.7 Å². The zero-order chi connectivity index (χ0) is 22.8. The Morgan fingerprint density at radius 3 is 2.48 bits per heavy atom. The van der Waals surface area contributed by atoms with Crippen molar-refractivity contribution in [3.8, 4) is 5.69 Å². The minimum atomic E-state index is -0.556. The third kappa shape index (κ3) is 5.81. The molecule has 9 heteroatoms. The highest BCUT2D eigenvalue weighted by atomic mass is 79.9. The Morgan fingerprint density at radius 2 is 1.87 bits per heavy atom. The van der Waals surface area contributed by atoms with E-state index in [-0.39, 0.29) is 18.1 Å². The lowest BCUT2D eigenvalue weighted by atomic mass is 10.2. The van der Waals surface area contributed by atoms with Gasteiger partial charge in [-0.2, -0.15) is 5.10 Å². The first-order valence-corrected chi connectivity index (χ1v) is 10.4. The lowest BCUT2D eigenvalue weighted by Crippen LogP contribution is -2.33. The normalized spacial score (nSPS) is 11.4. The number of halogens is 2. The maximum atomic E-state index is 13.3. The molecule has 1 heterocycles. The van der Waals surface area contributed by atoms with Gasteiger partial charge in [0.25, 0.3) is 0 Å². The lowest BCUT2D eigenvalue weighted by molar-refractivity contribution is 0.0285.